The second kappa shape index (κ2) is 14.7. The van der Waals surface area contributed by atoms with Gasteiger partial charge in [0.1, 0.15) is 11.2 Å². The van der Waals surface area contributed by atoms with Gasteiger partial charge in [-0.25, -0.2) is 15.0 Å². The van der Waals surface area contributed by atoms with Gasteiger partial charge in [0.2, 0.25) is 0 Å². The molecule has 0 atom stereocenters. The Morgan fingerprint density at radius 3 is 1.52 bits per heavy atom. The van der Waals surface area contributed by atoms with Crippen molar-refractivity contribution in [3.8, 4) is 45.3 Å². The van der Waals surface area contributed by atoms with Gasteiger partial charge in [-0.15, -0.1) is 0 Å². The molecule has 0 amide bonds. The summed E-state index contributed by atoms with van der Waals surface area (Å²) in [5.74, 6) is 1.81. The molecule has 0 radical (unpaired) electrons. The van der Waals surface area contributed by atoms with E-state index in [1.807, 2.05) is 30.3 Å². The maximum Gasteiger partial charge on any atom is 0.164 e. The summed E-state index contributed by atoms with van der Waals surface area (Å²) in [4.78, 5) is 17.5. The van der Waals surface area contributed by atoms with E-state index in [-0.39, 0.29) is 0 Å². The summed E-state index contributed by atoms with van der Waals surface area (Å²) in [6.07, 6.45) is 0. The van der Waals surface area contributed by atoms with Crippen molar-refractivity contribution in [3.63, 3.8) is 0 Å². The van der Waals surface area contributed by atoms with E-state index in [9.17, 15) is 0 Å². The van der Waals surface area contributed by atoms with Crippen LogP contribution in [0.4, 0.5) is 17.1 Å². The Kier molecular flexibility index (Phi) is 8.42. The molecule has 290 valence electrons. The number of nitrogens with zero attached hydrogens (tertiary/aromatic N) is 4. The predicted molar refractivity (Wildman–Crippen MR) is 256 cm³/mol. The number of aromatic nitrogens is 3. The highest BCUT2D eigenvalue weighted by Gasteiger charge is 2.22. The lowest BCUT2D eigenvalue weighted by Crippen LogP contribution is -2.10. The second-order valence-corrected chi connectivity index (χ2v) is 15.6. The number of hydrogen-bond donors (Lipinski definition) is 0. The van der Waals surface area contributed by atoms with E-state index in [2.05, 4.69) is 193 Å². The fourth-order valence-electron chi connectivity index (χ4n) is 8.80. The van der Waals surface area contributed by atoms with Crippen LogP contribution in [0, 0.1) is 0 Å². The zero-order valence-corrected chi connectivity index (χ0v) is 33.5. The molecule has 12 rings (SSSR count). The van der Waals surface area contributed by atoms with E-state index in [1.54, 1.807) is 0 Å². The summed E-state index contributed by atoms with van der Waals surface area (Å²) in [6, 6.07) is 76.5. The van der Waals surface area contributed by atoms with Gasteiger partial charge in [0, 0.05) is 50.3 Å². The van der Waals surface area contributed by atoms with Crippen LogP contribution in [0.25, 0.3) is 99.5 Å². The summed E-state index contributed by atoms with van der Waals surface area (Å²) < 4.78 is 6.91. The Hall–Kier alpha value is -8.41. The molecule has 0 bridgehead atoms. The zero-order chi connectivity index (χ0) is 41.0. The first-order chi connectivity index (χ1) is 30.7. The quantitative estimate of drug-likeness (QED) is 0.161. The van der Waals surface area contributed by atoms with Crippen LogP contribution in [0.15, 0.2) is 223 Å². The van der Waals surface area contributed by atoms with Crippen LogP contribution in [0.2, 0.25) is 0 Å². The molecule has 0 unspecified atom stereocenters. The maximum atomic E-state index is 6.91. The number of hydrogen-bond acceptors (Lipinski definition) is 5. The molecule has 5 nitrogen and oxygen atoms in total. The van der Waals surface area contributed by atoms with Crippen molar-refractivity contribution in [2.75, 3.05) is 4.90 Å². The van der Waals surface area contributed by atoms with Gasteiger partial charge in [-0.1, -0.05) is 170 Å². The van der Waals surface area contributed by atoms with Crippen LogP contribution in [0.5, 0.6) is 0 Å². The van der Waals surface area contributed by atoms with Gasteiger partial charge < -0.3 is 9.32 Å². The van der Waals surface area contributed by atoms with Crippen LogP contribution >= 0.6 is 0 Å². The Morgan fingerprint density at radius 2 is 0.806 bits per heavy atom. The summed E-state index contributed by atoms with van der Waals surface area (Å²) in [5, 5.41) is 9.01. The third-order valence-corrected chi connectivity index (χ3v) is 11.9. The van der Waals surface area contributed by atoms with Crippen LogP contribution in [-0.2, 0) is 0 Å². The molecular weight excluding hydrogens is 757 g/mol. The third-order valence-electron chi connectivity index (χ3n) is 11.9. The molecule has 0 aliphatic rings. The third kappa shape index (κ3) is 6.23. The van der Waals surface area contributed by atoms with Crippen molar-refractivity contribution >= 4 is 71.3 Å². The number of anilines is 3. The summed E-state index contributed by atoms with van der Waals surface area (Å²) in [5.41, 5.74) is 9.75. The van der Waals surface area contributed by atoms with Crippen molar-refractivity contribution in [1.82, 2.24) is 15.0 Å². The largest absolute Gasteiger partial charge is 0.456 e. The van der Waals surface area contributed by atoms with E-state index in [1.165, 1.54) is 27.3 Å². The Labute approximate surface area is 357 Å². The molecule has 12 aromatic rings. The Balaban J connectivity index is 1.03. The highest BCUT2D eigenvalue weighted by molar-refractivity contribution is 6.22. The minimum absolute atomic E-state index is 0.580. The molecule has 0 saturated heterocycles. The van der Waals surface area contributed by atoms with Gasteiger partial charge in [0.05, 0.1) is 5.69 Å². The van der Waals surface area contributed by atoms with E-state index >= 15 is 0 Å². The van der Waals surface area contributed by atoms with Crippen molar-refractivity contribution in [2.45, 2.75) is 0 Å². The van der Waals surface area contributed by atoms with Gasteiger partial charge in [-0.2, -0.15) is 0 Å². The average Bonchev–Trinajstić information content (AvgIpc) is 3.72. The molecular formula is C57H36N4O. The van der Waals surface area contributed by atoms with E-state index in [4.69, 9.17) is 19.4 Å². The Bertz CT molecular complexity index is 3640. The molecule has 0 spiro atoms. The van der Waals surface area contributed by atoms with Crippen LogP contribution in [0.1, 0.15) is 0 Å². The highest BCUT2D eigenvalue weighted by Crippen LogP contribution is 2.46. The summed E-state index contributed by atoms with van der Waals surface area (Å²) in [6.45, 7) is 0. The monoisotopic (exact) mass is 792 g/mol. The molecule has 0 saturated carbocycles. The fraction of sp³-hybridized carbons (Fsp3) is 0. The highest BCUT2D eigenvalue weighted by atomic mass is 16.3. The first kappa shape index (κ1) is 35.5. The van der Waals surface area contributed by atoms with Crippen LogP contribution in [-0.4, -0.2) is 15.0 Å². The molecule has 10 aromatic carbocycles. The van der Waals surface area contributed by atoms with E-state index in [0.29, 0.717) is 17.5 Å². The maximum absolute atomic E-state index is 6.91. The first-order valence-electron chi connectivity index (χ1n) is 20.8. The smallest absolute Gasteiger partial charge is 0.164 e. The fourth-order valence-corrected chi connectivity index (χ4v) is 8.80. The zero-order valence-electron chi connectivity index (χ0n) is 33.5. The minimum atomic E-state index is 0.580. The van der Waals surface area contributed by atoms with Gasteiger partial charge in [-0.05, 0) is 80.5 Å². The number of benzene rings is 10. The molecule has 0 aliphatic heterocycles. The van der Waals surface area contributed by atoms with Crippen molar-refractivity contribution in [3.05, 3.63) is 218 Å². The number of rotatable bonds is 7. The van der Waals surface area contributed by atoms with Crippen LogP contribution in [0.3, 0.4) is 0 Å². The molecule has 0 N–H and O–H groups in total. The lowest BCUT2D eigenvalue weighted by atomic mass is 9.99. The van der Waals surface area contributed by atoms with Gasteiger partial charge in [0.15, 0.2) is 17.5 Å². The van der Waals surface area contributed by atoms with Crippen molar-refractivity contribution < 1.29 is 4.42 Å². The standard InChI is InChI=1S/C57H36N4O/c1-3-13-37(14-4-1)40-25-29-46(30-26-40)61(47-31-27-39-16-8-10-20-43(39)34-47)51-36-53-54(49-22-12-11-21-48(49)51)50-32-28-45(35-52(50)62-53)57-59-55(41-17-5-2-6-18-41)58-56(60-57)44-24-23-38-15-7-9-19-42(38)33-44/h1-36H. The van der Waals surface area contributed by atoms with Crippen LogP contribution < -0.4 is 4.90 Å². The average molecular weight is 793 g/mol. The van der Waals surface area contributed by atoms with E-state index in [0.717, 1.165) is 71.8 Å². The second-order valence-electron chi connectivity index (χ2n) is 15.6. The van der Waals surface area contributed by atoms with Gasteiger partial charge in [-0.3, -0.25) is 0 Å². The lowest BCUT2D eigenvalue weighted by Gasteiger charge is -2.27. The molecule has 0 fully saturated rings. The Morgan fingerprint density at radius 1 is 0.306 bits per heavy atom. The van der Waals surface area contributed by atoms with Gasteiger partial charge in [0.25, 0.3) is 0 Å². The molecule has 5 heteroatoms. The van der Waals surface area contributed by atoms with Gasteiger partial charge >= 0.3 is 0 Å². The first-order valence-corrected chi connectivity index (χ1v) is 20.8. The summed E-state index contributed by atoms with van der Waals surface area (Å²) in [7, 11) is 0. The summed E-state index contributed by atoms with van der Waals surface area (Å²) >= 11 is 0. The SMILES string of the molecule is c1ccc(-c2ccc(N(c3ccc4ccccc4c3)c3cc4oc5cc(-c6nc(-c7ccccc7)nc(-c7ccc8ccccc8c7)n6)ccc5c4c4ccccc34)cc2)cc1. The molecule has 62 heavy (non-hydrogen) atoms. The van der Waals surface area contributed by atoms with Crippen molar-refractivity contribution in [2.24, 2.45) is 0 Å². The number of fused-ring (bicyclic) bond motifs is 7. The molecule has 2 heterocycles. The molecule has 0 aliphatic carbocycles. The lowest BCUT2D eigenvalue weighted by molar-refractivity contribution is 0.669. The molecule has 2 aromatic heterocycles. The normalized spacial score (nSPS) is 11.5. The van der Waals surface area contributed by atoms with E-state index < -0.39 is 0 Å². The predicted octanol–water partition coefficient (Wildman–Crippen LogP) is 15.4. The topological polar surface area (TPSA) is 55.1 Å². The van der Waals surface area contributed by atoms with Crippen molar-refractivity contribution in [1.29, 1.82) is 0 Å². The number of furan rings is 1. The minimum Gasteiger partial charge on any atom is -0.456 e.